The average molecular weight is 402 g/mol. The Morgan fingerprint density at radius 1 is 1.14 bits per heavy atom. The summed E-state index contributed by atoms with van der Waals surface area (Å²) in [6.07, 6.45) is 1.99. The van der Waals surface area contributed by atoms with Crippen molar-refractivity contribution in [1.29, 1.82) is 0 Å². The van der Waals surface area contributed by atoms with Crippen molar-refractivity contribution in [2.24, 2.45) is 0 Å². The van der Waals surface area contributed by atoms with Crippen LogP contribution in [0.3, 0.4) is 0 Å². The second-order valence-corrected chi connectivity index (χ2v) is 6.56. The van der Waals surface area contributed by atoms with Gasteiger partial charge in [-0.15, -0.1) is 0 Å². The minimum Gasteiger partial charge on any atom is -0.493 e. The molecule has 0 fully saturated rings. The summed E-state index contributed by atoms with van der Waals surface area (Å²) in [6.45, 7) is 0.316. The third-order valence-electron chi connectivity index (χ3n) is 4.28. The summed E-state index contributed by atoms with van der Waals surface area (Å²) < 4.78 is 11.7. The second-order valence-electron chi connectivity index (χ2n) is 6.13. The number of fused-ring (bicyclic) bond motifs is 1. The highest BCUT2D eigenvalue weighted by atomic mass is 35.5. The van der Waals surface area contributed by atoms with Crippen LogP contribution in [0.25, 0.3) is 10.9 Å². The van der Waals surface area contributed by atoms with Crippen molar-refractivity contribution < 1.29 is 14.3 Å². The molecule has 1 aromatic heterocycles. The number of hydrogen-bond acceptors (Lipinski definition) is 5. The molecule has 3 rings (SSSR count). The van der Waals surface area contributed by atoms with E-state index in [-0.39, 0.29) is 18.0 Å². The van der Waals surface area contributed by atoms with E-state index < -0.39 is 0 Å². The first-order valence-corrected chi connectivity index (χ1v) is 9.02. The number of rotatable bonds is 7. The van der Waals surface area contributed by atoms with Crippen LogP contribution in [0.5, 0.6) is 11.5 Å². The van der Waals surface area contributed by atoms with E-state index >= 15 is 0 Å². The summed E-state index contributed by atoms with van der Waals surface area (Å²) in [5.74, 6) is 1.02. The molecular formula is C20H20ClN3O4. The Bertz CT molecular complexity index is 1060. The number of amides is 1. The third kappa shape index (κ3) is 4.43. The predicted octanol–water partition coefficient (Wildman–Crippen LogP) is 2.43. The molecule has 2 aromatic carbocycles. The highest BCUT2D eigenvalue weighted by Gasteiger charge is 2.09. The van der Waals surface area contributed by atoms with Gasteiger partial charge in [-0.25, -0.2) is 4.98 Å². The van der Waals surface area contributed by atoms with Gasteiger partial charge in [0, 0.05) is 11.6 Å². The second kappa shape index (κ2) is 8.75. The topological polar surface area (TPSA) is 82.5 Å². The summed E-state index contributed by atoms with van der Waals surface area (Å²) >= 11 is 5.94. The number of benzene rings is 2. The number of carbonyl (C=O) groups excluding carboxylic acids is 1. The lowest BCUT2D eigenvalue weighted by atomic mass is 10.1. The Labute approximate surface area is 166 Å². The molecule has 1 amide bonds. The van der Waals surface area contributed by atoms with Gasteiger partial charge < -0.3 is 14.8 Å². The highest BCUT2D eigenvalue weighted by Crippen LogP contribution is 2.27. The standard InChI is InChI=1S/C20H20ClN3O4/c1-27-17-6-3-13(9-18(17)28-2)7-8-22-19(25)11-24-12-23-16-5-4-14(21)10-15(16)20(24)26/h3-6,9-10,12H,7-8,11H2,1-2H3,(H,22,25). The average Bonchev–Trinajstić information content (AvgIpc) is 2.70. The Morgan fingerprint density at radius 3 is 2.68 bits per heavy atom. The fourth-order valence-electron chi connectivity index (χ4n) is 2.84. The molecule has 0 saturated carbocycles. The summed E-state index contributed by atoms with van der Waals surface area (Å²) in [4.78, 5) is 28.9. The maximum Gasteiger partial charge on any atom is 0.261 e. The molecular weight excluding hydrogens is 382 g/mol. The van der Waals surface area contributed by atoms with Crippen LogP contribution in [0.1, 0.15) is 5.56 Å². The molecule has 0 aliphatic heterocycles. The molecule has 0 aliphatic carbocycles. The van der Waals surface area contributed by atoms with E-state index in [1.54, 1.807) is 32.4 Å². The van der Waals surface area contributed by atoms with Gasteiger partial charge in [0.2, 0.25) is 5.91 Å². The smallest absolute Gasteiger partial charge is 0.261 e. The Kier molecular flexibility index (Phi) is 6.16. The first kappa shape index (κ1) is 19.7. The largest absolute Gasteiger partial charge is 0.493 e. The van der Waals surface area contributed by atoms with Crippen molar-refractivity contribution >= 4 is 28.4 Å². The van der Waals surface area contributed by atoms with Gasteiger partial charge in [0.25, 0.3) is 5.56 Å². The molecule has 28 heavy (non-hydrogen) atoms. The number of nitrogens with one attached hydrogen (secondary N) is 1. The fourth-order valence-corrected chi connectivity index (χ4v) is 3.01. The summed E-state index contributed by atoms with van der Waals surface area (Å²) in [5.41, 5.74) is 1.24. The molecule has 8 heteroatoms. The van der Waals surface area contributed by atoms with Gasteiger partial charge in [0.1, 0.15) is 6.54 Å². The summed E-state index contributed by atoms with van der Waals surface area (Å²) in [6, 6.07) is 10.5. The lowest BCUT2D eigenvalue weighted by Gasteiger charge is -2.10. The zero-order valence-corrected chi connectivity index (χ0v) is 16.3. The van der Waals surface area contributed by atoms with Gasteiger partial charge in [-0.1, -0.05) is 17.7 Å². The SMILES string of the molecule is COc1ccc(CCNC(=O)Cn2cnc3ccc(Cl)cc3c2=O)cc1OC. The van der Waals surface area contributed by atoms with Gasteiger partial charge in [-0.05, 0) is 42.3 Å². The van der Waals surface area contributed by atoms with Gasteiger partial charge in [-0.2, -0.15) is 0 Å². The Morgan fingerprint density at radius 2 is 1.93 bits per heavy atom. The van der Waals surface area contributed by atoms with Gasteiger partial charge in [0.15, 0.2) is 11.5 Å². The van der Waals surface area contributed by atoms with Crippen LogP contribution >= 0.6 is 11.6 Å². The number of carbonyl (C=O) groups is 1. The molecule has 1 N–H and O–H groups in total. The van der Waals surface area contributed by atoms with Crippen LogP contribution in [-0.4, -0.2) is 36.2 Å². The predicted molar refractivity (Wildman–Crippen MR) is 107 cm³/mol. The lowest BCUT2D eigenvalue weighted by molar-refractivity contribution is -0.121. The Hall–Kier alpha value is -3.06. The van der Waals surface area contributed by atoms with Crippen LogP contribution in [-0.2, 0) is 17.8 Å². The minimum atomic E-state index is -0.303. The van der Waals surface area contributed by atoms with E-state index in [4.69, 9.17) is 21.1 Å². The first-order valence-electron chi connectivity index (χ1n) is 8.64. The van der Waals surface area contributed by atoms with E-state index in [1.165, 1.54) is 10.9 Å². The van der Waals surface area contributed by atoms with E-state index in [1.807, 2.05) is 18.2 Å². The number of aromatic nitrogens is 2. The summed E-state index contributed by atoms with van der Waals surface area (Å²) in [7, 11) is 3.15. The lowest BCUT2D eigenvalue weighted by Crippen LogP contribution is -2.33. The third-order valence-corrected chi connectivity index (χ3v) is 4.52. The molecule has 0 unspecified atom stereocenters. The van der Waals surface area contributed by atoms with Crippen LogP contribution in [0.4, 0.5) is 0 Å². The number of methoxy groups -OCH3 is 2. The van der Waals surface area contributed by atoms with Gasteiger partial charge in [0.05, 0.1) is 31.4 Å². The van der Waals surface area contributed by atoms with Gasteiger partial charge in [-0.3, -0.25) is 14.2 Å². The molecule has 1 heterocycles. The summed E-state index contributed by atoms with van der Waals surface area (Å²) in [5, 5.41) is 3.64. The van der Waals surface area contributed by atoms with Crippen molar-refractivity contribution in [2.75, 3.05) is 20.8 Å². The maximum atomic E-state index is 12.5. The van der Waals surface area contributed by atoms with Crippen molar-refractivity contribution in [2.45, 2.75) is 13.0 Å². The molecule has 0 aliphatic rings. The molecule has 0 saturated heterocycles. The van der Waals surface area contributed by atoms with Crippen LogP contribution in [0.2, 0.25) is 5.02 Å². The number of halogens is 1. The Balaban J connectivity index is 1.61. The molecule has 146 valence electrons. The maximum absolute atomic E-state index is 12.5. The van der Waals surface area contributed by atoms with Crippen LogP contribution in [0.15, 0.2) is 47.5 Å². The molecule has 0 radical (unpaired) electrons. The molecule has 0 bridgehead atoms. The molecule has 0 spiro atoms. The van der Waals surface area contributed by atoms with E-state index in [0.717, 1.165) is 5.56 Å². The fraction of sp³-hybridized carbons (Fsp3) is 0.250. The number of nitrogens with zero attached hydrogens (tertiary/aromatic N) is 2. The van der Waals surface area contributed by atoms with Crippen LogP contribution < -0.4 is 20.3 Å². The van der Waals surface area contributed by atoms with Crippen molar-refractivity contribution in [3.63, 3.8) is 0 Å². The number of hydrogen-bond donors (Lipinski definition) is 1. The highest BCUT2D eigenvalue weighted by molar-refractivity contribution is 6.31. The van der Waals surface area contributed by atoms with Crippen molar-refractivity contribution in [1.82, 2.24) is 14.9 Å². The molecule has 7 nitrogen and oxygen atoms in total. The number of ether oxygens (including phenoxy) is 2. The quantitative estimate of drug-likeness (QED) is 0.657. The first-order chi connectivity index (χ1) is 13.5. The van der Waals surface area contributed by atoms with Crippen molar-refractivity contribution in [3.05, 3.63) is 63.7 Å². The van der Waals surface area contributed by atoms with E-state index in [2.05, 4.69) is 10.3 Å². The van der Waals surface area contributed by atoms with Crippen molar-refractivity contribution in [3.8, 4) is 11.5 Å². The zero-order chi connectivity index (χ0) is 20.1. The van der Waals surface area contributed by atoms with E-state index in [9.17, 15) is 9.59 Å². The van der Waals surface area contributed by atoms with Gasteiger partial charge >= 0.3 is 0 Å². The zero-order valence-electron chi connectivity index (χ0n) is 15.6. The molecule has 3 aromatic rings. The molecule has 0 atom stereocenters. The monoisotopic (exact) mass is 401 g/mol. The minimum absolute atomic E-state index is 0.111. The van der Waals surface area contributed by atoms with Crippen LogP contribution in [0, 0.1) is 0 Å². The van der Waals surface area contributed by atoms with E-state index in [0.29, 0.717) is 40.4 Å². The normalized spacial score (nSPS) is 10.7.